The van der Waals surface area contributed by atoms with Crippen molar-refractivity contribution < 1.29 is 0 Å². The van der Waals surface area contributed by atoms with Crippen molar-refractivity contribution in [2.75, 3.05) is 17.3 Å². The average Bonchev–Trinajstić information content (AvgIpc) is 2.47. The smallest absolute Gasteiger partial charge is 0.0743 e. The van der Waals surface area contributed by atoms with Gasteiger partial charge in [0, 0.05) is 27.9 Å². The first-order valence-electron chi connectivity index (χ1n) is 6.32. The number of anilines is 3. The molecule has 0 unspecified atom stereocenters. The van der Waals surface area contributed by atoms with Crippen LogP contribution in [-0.4, -0.2) is 11.2 Å². The number of nitrogens with zero attached hydrogens (tertiary/aromatic N) is 1. The molecule has 3 N–H and O–H groups in total. The number of hydrogen-bond acceptors (Lipinski definition) is 4. The lowest BCUT2D eigenvalue weighted by Gasteiger charge is -2.12. The third-order valence-corrected chi connectivity index (χ3v) is 3.94. The first-order valence-corrected chi connectivity index (χ1v) is 7.54. The Kier molecular flexibility index (Phi) is 3.48. The second-order valence-corrected chi connectivity index (χ2v) is 5.31. The lowest BCUT2D eigenvalue weighted by atomic mass is 10.1. The van der Waals surface area contributed by atoms with Crippen LogP contribution in [0, 0.1) is 0 Å². The van der Waals surface area contributed by atoms with E-state index in [-0.39, 0.29) is 0 Å². The summed E-state index contributed by atoms with van der Waals surface area (Å²) in [5.74, 6) is 0. The first-order chi connectivity index (χ1) is 9.78. The van der Waals surface area contributed by atoms with Crippen molar-refractivity contribution in [2.24, 2.45) is 0 Å². The zero-order valence-electron chi connectivity index (χ0n) is 11.1. The Labute approximate surface area is 122 Å². The maximum Gasteiger partial charge on any atom is 0.0743 e. The Hall–Kier alpha value is -2.20. The Morgan fingerprint density at radius 2 is 1.90 bits per heavy atom. The largest absolute Gasteiger partial charge is 0.399 e. The van der Waals surface area contributed by atoms with Gasteiger partial charge < -0.3 is 11.1 Å². The summed E-state index contributed by atoms with van der Waals surface area (Å²) in [7, 11) is 0. The molecule has 3 nitrogen and oxygen atoms in total. The van der Waals surface area contributed by atoms with Gasteiger partial charge in [-0.05, 0) is 42.7 Å². The Morgan fingerprint density at radius 3 is 2.75 bits per heavy atom. The monoisotopic (exact) mass is 281 g/mol. The second kappa shape index (κ2) is 5.43. The molecule has 2 aromatic carbocycles. The van der Waals surface area contributed by atoms with E-state index in [0.29, 0.717) is 0 Å². The lowest BCUT2D eigenvalue weighted by Crippen LogP contribution is -1.95. The van der Waals surface area contributed by atoms with Crippen molar-refractivity contribution in [2.45, 2.75) is 4.90 Å². The quantitative estimate of drug-likeness (QED) is 0.555. The summed E-state index contributed by atoms with van der Waals surface area (Å²) in [6, 6.07) is 16.0. The Bertz CT molecular complexity index is 756. The van der Waals surface area contributed by atoms with Crippen molar-refractivity contribution in [1.82, 2.24) is 4.98 Å². The number of para-hydroxylation sites is 1. The molecule has 0 aliphatic rings. The summed E-state index contributed by atoms with van der Waals surface area (Å²) in [4.78, 5) is 5.58. The molecule has 3 aromatic rings. The van der Waals surface area contributed by atoms with Crippen molar-refractivity contribution in [3.05, 3.63) is 54.7 Å². The molecular formula is C16H15N3S. The molecule has 1 aromatic heterocycles. The molecule has 20 heavy (non-hydrogen) atoms. The highest BCUT2D eigenvalue weighted by Crippen LogP contribution is 2.31. The summed E-state index contributed by atoms with van der Waals surface area (Å²) in [5.41, 5.74) is 9.58. The number of thioether (sulfide) groups is 1. The minimum atomic E-state index is 0.728. The van der Waals surface area contributed by atoms with Crippen LogP contribution in [0.2, 0.25) is 0 Å². The number of fused-ring (bicyclic) bond motifs is 1. The number of aromatic nitrogens is 1. The predicted octanol–water partition coefficient (Wildman–Crippen LogP) is 4.28. The summed E-state index contributed by atoms with van der Waals surface area (Å²) in [6.07, 6.45) is 3.87. The minimum Gasteiger partial charge on any atom is -0.399 e. The van der Waals surface area contributed by atoms with Crippen LogP contribution in [-0.2, 0) is 0 Å². The van der Waals surface area contributed by atoms with Gasteiger partial charge in [0.25, 0.3) is 0 Å². The van der Waals surface area contributed by atoms with Gasteiger partial charge in [0.1, 0.15) is 0 Å². The van der Waals surface area contributed by atoms with Crippen molar-refractivity contribution in [3.63, 3.8) is 0 Å². The van der Waals surface area contributed by atoms with Crippen molar-refractivity contribution in [1.29, 1.82) is 0 Å². The topological polar surface area (TPSA) is 50.9 Å². The highest BCUT2D eigenvalue weighted by atomic mass is 32.2. The fourth-order valence-corrected chi connectivity index (χ4v) is 2.72. The molecule has 0 saturated heterocycles. The van der Waals surface area contributed by atoms with Crippen LogP contribution < -0.4 is 11.1 Å². The summed E-state index contributed by atoms with van der Waals surface area (Å²) in [6.45, 7) is 0. The normalized spacial score (nSPS) is 10.7. The summed E-state index contributed by atoms with van der Waals surface area (Å²) >= 11 is 1.72. The van der Waals surface area contributed by atoms with E-state index >= 15 is 0 Å². The van der Waals surface area contributed by atoms with Crippen LogP contribution in [0.15, 0.2) is 59.6 Å². The fraction of sp³-hybridized carbons (Fsp3) is 0.0625. The van der Waals surface area contributed by atoms with Gasteiger partial charge in [0.15, 0.2) is 0 Å². The Balaban J connectivity index is 2.07. The number of nitrogen functional groups attached to an aromatic ring is 1. The molecule has 0 amide bonds. The molecule has 0 radical (unpaired) electrons. The van der Waals surface area contributed by atoms with Crippen LogP contribution in [0.4, 0.5) is 17.1 Å². The fourth-order valence-electron chi connectivity index (χ4n) is 2.17. The lowest BCUT2D eigenvalue weighted by molar-refractivity contribution is 1.38. The SMILES string of the molecule is CSc1ccccc1Nc1ccnc2cc(N)ccc12. The van der Waals surface area contributed by atoms with E-state index in [1.165, 1.54) is 4.90 Å². The number of nitrogens with one attached hydrogen (secondary N) is 1. The molecule has 1 heterocycles. The zero-order chi connectivity index (χ0) is 13.9. The zero-order valence-corrected chi connectivity index (χ0v) is 11.9. The van der Waals surface area contributed by atoms with E-state index in [0.717, 1.165) is 28.0 Å². The van der Waals surface area contributed by atoms with Gasteiger partial charge in [0.2, 0.25) is 0 Å². The van der Waals surface area contributed by atoms with Gasteiger partial charge in [-0.15, -0.1) is 11.8 Å². The maximum absolute atomic E-state index is 5.81. The molecule has 0 saturated carbocycles. The van der Waals surface area contributed by atoms with Gasteiger partial charge in [-0.3, -0.25) is 4.98 Å². The molecule has 100 valence electrons. The van der Waals surface area contributed by atoms with Crippen LogP contribution in [0.1, 0.15) is 0 Å². The molecule has 0 atom stereocenters. The molecule has 0 aliphatic carbocycles. The average molecular weight is 281 g/mol. The molecule has 0 fully saturated rings. The molecule has 3 rings (SSSR count). The molecule has 0 bridgehead atoms. The van der Waals surface area contributed by atoms with Gasteiger partial charge in [-0.2, -0.15) is 0 Å². The first kappa shape index (κ1) is 12.8. The standard InChI is InChI=1S/C16H15N3S/c1-20-16-5-3-2-4-14(16)19-13-8-9-18-15-10-11(17)6-7-12(13)15/h2-10H,17H2,1H3,(H,18,19). The van der Waals surface area contributed by atoms with Gasteiger partial charge in [-0.25, -0.2) is 0 Å². The minimum absolute atomic E-state index is 0.728. The number of rotatable bonds is 3. The predicted molar refractivity (Wildman–Crippen MR) is 87.7 cm³/mol. The number of benzene rings is 2. The van der Waals surface area contributed by atoms with Crippen LogP contribution >= 0.6 is 11.8 Å². The van der Waals surface area contributed by atoms with E-state index < -0.39 is 0 Å². The maximum atomic E-state index is 5.81. The second-order valence-electron chi connectivity index (χ2n) is 4.46. The Morgan fingerprint density at radius 1 is 1.05 bits per heavy atom. The molecule has 4 heteroatoms. The van der Waals surface area contributed by atoms with Crippen LogP contribution in [0.25, 0.3) is 10.9 Å². The number of pyridine rings is 1. The highest BCUT2D eigenvalue weighted by molar-refractivity contribution is 7.98. The van der Waals surface area contributed by atoms with Crippen LogP contribution in [0.3, 0.4) is 0 Å². The van der Waals surface area contributed by atoms with Gasteiger partial charge >= 0.3 is 0 Å². The van der Waals surface area contributed by atoms with Crippen molar-refractivity contribution >= 4 is 39.7 Å². The van der Waals surface area contributed by atoms with E-state index in [4.69, 9.17) is 5.73 Å². The number of hydrogen-bond donors (Lipinski definition) is 2. The molecule has 0 aliphatic heterocycles. The van der Waals surface area contributed by atoms with Gasteiger partial charge in [0.05, 0.1) is 11.2 Å². The van der Waals surface area contributed by atoms with E-state index in [2.05, 4.69) is 28.7 Å². The van der Waals surface area contributed by atoms with E-state index in [1.807, 2.05) is 36.4 Å². The van der Waals surface area contributed by atoms with Crippen LogP contribution in [0.5, 0.6) is 0 Å². The summed E-state index contributed by atoms with van der Waals surface area (Å²) in [5, 5.41) is 4.55. The molecular weight excluding hydrogens is 266 g/mol. The number of nitrogens with two attached hydrogens (primary N) is 1. The van der Waals surface area contributed by atoms with Crippen molar-refractivity contribution in [3.8, 4) is 0 Å². The summed E-state index contributed by atoms with van der Waals surface area (Å²) < 4.78 is 0. The van der Waals surface area contributed by atoms with E-state index in [1.54, 1.807) is 18.0 Å². The highest BCUT2D eigenvalue weighted by Gasteiger charge is 2.05. The third kappa shape index (κ3) is 2.42. The third-order valence-electron chi connectivity index (χ3n) is 3.14. The van der Waals surface area contributed by atoms with Gasteiger partial charge in [-0.1, -0.05) is 12.1 Å². The molecule has 0 spiro atoms. The van der Waals surface area contributed by atoms with E-state index in [9.17, 15) is 0 Å².